The second-order valence-corrected chi connectivity index (χ2v) is 5.72. The van der Waals surface area contributed by atoms with Gasteiger partial charge in [-0.1, -0.05) is 0 Å². The van der Waals surface area contributed by atoms with Crippen molar-refractivity contribution in [2.75, 3.05) is 28.4 Å². The van der Waals surface area contributed by atoms with E-state index in [2.05, 4.69) is 23.7 Å². The van der Waals surface area contributed by atoms with E-state index in [-0.39, 0.29) is 6.04 Å². The third-order valence-electron chi connectivity index (χ3n) is 3.55. The monoisotopic (exact) mass is 307 g/mol. The predicted molar refractivity (Wildman–Crippen MR) is 86.1 cm³/mol. The maximum absolute atomic E-state index is 5.54. The molecule has 1 N–H and O–H groups in total. The van der Waals surface area contributed by atoms with Crippen LogP contribution in [0, 0.1) is 6.92 Å². The fourth-order valence-electron chi connectivity index (χ4n) is 2.45. The molecule has 4 nitrogen and oxygen atoms in total. The summed E-state index contributed by atoms with van der Waals surface area (Å²) in [7, 11) is 6.86. The number of hydrogen-bond acceptors (Lipinski definition) is 5. The van der Waals surface area contributed by atoms with E-state index in [4.69, 9.17) is 14.2 Å². The lowest BCUT2D eigenvalue weighted by Gasteiger charge is -2.21. The van der Waals surface area contributed by atoms with E-state index in [9.17, 15) is 0 Å². The zero-order chi connectivity index (χ0) is 15.4. The van der Waals surface area contributed by atoms with Gasteiger partial charge in [-0.3, -0.25) is 0 Å². The fourth-order valence-corrected chi connectivity index (χ4v) is 3.19. The third kappa shape index (κ3) is 2.99. The number of ether oxygens (including phenoxy) is 3. The SMILES string of the molecule is CNC(c1cc(OC)c(OC)cc1OC)c1ccsc1C. The van der Waals surface area contributed by atoms with Gasteiger partial charge in [-0.15, -0.1) is 11.3 Å². The number of rotatable bonds is 6. The largest absolute Gasteiger partial charge is 0.496 e. The molecule has 1 heterocycles. The van der Waals surface area contributed by atoms with Crippen molar-refractivity contribution in [1.82, 2.24) is 5.32 Å². The Morgan fingerprint density at radius 3 is 2.05 bits per heavy atom. The second-order valence-electron chi connectivity index (χ2n) is 4.60. The molecular weight excluding hydrogens is 286 g/mol. The van der Waals surface area contributed by atoms with Crippen molar-refractivity contribution in [3.63, 3.8) is 0 Å². The summed E-state index contributed by atoms with van der Waals surface area (Å²) in [4.78, 5) is 1.28. The first-order valence-electron chi connectivity index (χ1n) is 6.67. The minimum atomic E-state index is 0.0472. The smallest absolute Gasteiger partial charge is 0.164 e. The van der Waals surface area contributed by atoms with Crippen LogP contribution in [0.25, 0.3) is 0 Å². The zero-order valence-electron chi connectivity index (χ0n) is 13.0. The maximum Gasteiger partial charge on any atom is 0.164 e. The average Bonchev–Trinajstić information content (AvgIpc) is 2.93. The number of methoxy groups -OCH3 is 3. The first kappa shape index (κ1) is 15.7. The number of aryl methyl sites for hydroxylation is 1. The molecule has 2 aromatic rings. The van der Waals surface area contributed by atoms with Gasteiger partial charge >= 0.3 is 0 Å². The van der Waals surface area contributed by atoms with Crippen LogP contribution in [0.3, 0.4) is 0 Å². The van der Waals surface area contributed by atoms with E-state index in [1.54, 1.807) is 32.7 Å². The van der Waals surface area contributed by atoms with Crippen molar-refractivity contribution in [2.24, 2.45) is 0 Å². The summed E-state index contributed by atoms with van der Waals surface area (Å²) in [6.07, 6.45) is 0. The van der Waals surface area contributed by atoms with E-state index >= 15 is 0 Å². The van der Waals surface area contributed by atoms with Crippen molar-refractivity contribution in [3.8, 4) is 17.2 Å². The average molecular weight is 307 g/mol. The highest BCUT2D eigenvalue weighted by atomic mass is 32.1. The summed E-state index contributed by atoms with van der Waals surface area (Å²) >= 11 is 1.74. The standard InChI is InChI=1S/C16H21NO3S/c1-10-11(6-7-21-10)16(17-2)12-8-14(19-4)15(20-5)9-13(12)18-3/h6-9,16-17H,1-5H3. The Bertz CT molecular complexity index is 610. The van der Waals surface area contributed by atoms with Gasteiger partial charge in [-0.25, -0.2) is 0 Å². The predicted octanol–water partition coefficient (Wildman–Crippen LogP) is 3.39. The highest BCUT2D eigenvalue weighted by Crippen LogP contribution is 2.40. The molecule has 0 spiro atoms. The normalized spacial score (nSPS) is 12.0. The summed E-state index contributed by atoms with van der Waals surface area (Å²) < 4.78 is 16.3. The number of hydrogen-bond donors (Lipinski definition) is 1. The summed E-state index contributed by atoms with van der Waals surface area (Å²) in [5.41, 5.74) is 2.27. The van der Waals surface area contributed by atoms with Crippen LogP contribution in [0.5, 0.6) is 17.2 Å². The first-order chi connectivity index (χ1) is 10.2. The van der Waals surface area contributed by atoms with Crippen molar-refractivity contribution in [1.29, 1.82) is 0 Å². The van der Waals surface area contributed by atoms with E-state index in [1.807, 2.05) is 19.2 Å². The highest BCUT2D eigenvalue weighted by molar-refractivity contribution is 7.10. The summed E-state index contributed by atoms with van der Waals surface area (Å²) in [5, 5.41) is 5.45. The molecular formula is C16H21NO3S. The van der Waals surface area contributed by atoms with Crippen LogP contribution in [0.2, 0.25) is 0 Å². The van der Waals surface area contributed by atoms with Gasteiger partial charge in [-0.05, 0) is 37.0 Å². The van der Waals surface area contributed by atoms with Gasteiger partial charge in [-0.2, -0.15) is 0 Å². The maximum atomic E-state index is 5.54. The summed E-state index contributed by atoms with van der Waals surface area (Å²) in [5.74, 6) is 2.13. The molecule has 1 unspecified atom stereocenters. The van der Waals surface area contributed by atoms with E-state index in [1.165, 1.54) is 10.4 Å². The van der Waals surface area contributed by atoms with Gasteiger partial charge in [0.1, 0.15) is 5.75 Å². The molecule has 0 fully saturated rings. The van der Waals surface area contributed by atoms with Gasteiger partial charge < -0.3 is 19.5 Å². The molecule has 1 atom stereocenters. The van der Waals surface area contributed by atoms with Gasteiger partial charge in [0.05, 0.1) is 27.4 Å². The minimum absolute atomic E-state index is 0.0472. The Morgan fingerprint density at radius 1 is 0.952 bits per heavy atom. The number of thiophene rings is 1. The summed E-state index contributed by atoms with van der Waals surface area (Å²) in [6, 6.07) is 6.01. The van der Waals surface area contributed by atoms with Gasteiger partial charge in [0, 0.05) is 16.5 Å². The topological polar surface area (TPSA) is 39.7 Å². The molecule has 114 valence electrons. The molecule has 5 heteroatoms. The fraction of sp³-hybridized carbons (Fsp3) is 0.375. The molecule has 1 aromatic carbocycles. The lowest BCUT2D eigenvalue weighted by atomic mass is 9.98. The zero-order valence-corrected chi connectivity index (χ0v) is 13.8. The number of benzene rings is 1. The Kier molecular flexibility index (Phi) is 5.09. The lowest BCUT2D eigenvalue weighted by molar-refractivity contribution is 0.346. The third-order valence-corrected chi connectivity index (χ3v) is 4.41. The molecule has 21 heavy (non-hydrogen) atoms. The molecule has 0 aliphatic heterocycles. The van der Waals surface area contributed by atoms with Crippen LogP contribution in [0.4, 0.5) is 0 Å². The Morgan fingerprint density at radius 2 is 1.57 bits per heavy atom. The number of nitrogens with one attached hydrogen (secondary N) is 1. The van der Waals surface area contributed by atoms with Crippen LogP contribution in [0.1, 0.15) is 22.0 Å². The molecule has 0 bridgehead atoms. The van der Waals surface area contributed by atoms with E-state index in [0.717, 1.165) is 11.3 Å². The molecule has 0 radical (unpaired) electrons. The Hall–Kier alpha value is -1.72. The molecule has 0 aliphatic rings. The van der Waals surface area contributed by atoms with E-state index < -0.39 is 0 Å². The van der Waals surface area contributed by atoms with Crippen LogP contribution in [-0.4, -0.2) is 28.4 Å². The minimum Gasteiger partial charge on any atom is -0.496 e. The molecule has 1 aromatic heterocycles. The molecule has 0 saturated heterocycles. The van der Waals surface area contributed by atoms with Crippen LogP contribution < -0.4 is 19.5 Å². The Labute approximate surface area is 129 Å². The second kappa shape index (κ2) is 6.83. The molecule has 2 rings (SSSR count). The quantitative estimate of drug-likeness (QED) is 0.888. The molecule has 0 aliphatic carbocycles. The van der Waals surface area contributed by atoms with Gasteiger partial charge in [0.2, 0.25) is 0 Å². The lowest BCUT2D eigenvalue weighted by Crippen LogP contribution is -2.18. The highest BCUT2D eigenvalue weighted by Gasteiger charge is 2.22. The summed E-state index contributed by atoms with van der Waals surface area (Å²) in [6.45, 7) is 2.12. The van der Waals surface area contributed by atoms with Crippen molar-refractivity contribution < 1.29 is 14.2 Å². The van der Waals surface area contributed by atoms with Gasteiger partial charge in [0.25, 0.3) is 0 Å². The van der Waals surface area contributed by atoms with Crippen LogP contribution in [0.15, 0.2) is 23.6 Å². The van der Waals surface area contributed by atoms with Crippen molar-refractivity contribution in [2.45, 2.75) is 13.0 Å². The van der Waals surface area contributed by atoms with Crippen molar-refractivity contribution in [3.05, 3.63) is 39.6 Å². The molecule has 0 amide bonds. The van der Waals surface area contributed by atoms with Gasteiger partial charge in [0.15, 0.2) is 11.5 Å². The Balaban J connectivity index is 2.57. The van der Waals surface area contributed by atoms with Crippen LogP contribution >= 0.6 is 11.3 Å². The van der Waals surface area contributed by atoms with Crippen LogP contribution in [-0.2, 0) is 0 Å². The van der Waals surface area contributed by atoms with E-state index in [0.29, 0.717) is 11.5 Å². The van der Waals surface area contributed by atoms with Crippen molar-refractivity contribution >= 4 is 11.3 Å². The first-order valence-corrected chi connectivity index (χ1v) is 7.55. The molecule has 0 saturated carbocycles.